The van der Waals surface area contributed by atoms with E-state index < -0.39 is 17.6 Å². The van der Waals surface area contributed by atoms with Gasteiger partial charge in [-0.15, -0.1) is 0 Å². The SMILES string of the molecule is O=C1OC(O)(c2ccccc2)C(c2ccccc2)=C1c1ccc(F)cc1. The van der Waals surface area contributed by atoms with Crippen molar-refractivity contribution in [2.45, 2.75) is 5.79 Å². The Morgan fingerprint density at radius 1 is 0.769 bits per heavy atom. The van der Waals surface area contributed by atoms with Crippen molar-refractivity contribution in [1.82, 2.24) is 0 Å². The van der Waals surface area contributed by atoms with Gasteiger partial charge in [0.2, 0.25) is 0 Å². The van der Waals surface area contributed by atoms with Gasteiger partial charge in [-0.1, -0.05) is 72.8 Å². The second-order valence-corrected chi connectivity index (χ2v) is 6.02. The second-order valence-electron chi connectivity index (χ2n) is 6.02. The summed E-state index contributed by atoms with van der Waals surface area (Å²) in [5.41, 5.74) is 2.17. The van der Waals surface area contributed by atoms with E-state index in [9.17, 15) is 14.3 Å². The van der Waals surface area contributed by atoms with Crippen LogP contribution in [-0.2, 0) is 15.3 Å². The van der Waals surface area contributed by atoms with E-state index in [0.717, 1.165) is 0 Å². The van der Waals surface area contributed by atoms with Crippen molar-refractivity contribution in [3.05, 3.63) is 107 Å². The summed E-state index contributed by atoms with van der Waals surface area (Å²) in [7, 11) is 0. The molecule has 1 heterocycles. The van der Waals surface area contributed by atoms with Gasteiger partial charge in [0.05, 0.1) is 11.1 Å². The minimum Gasteiger partial charge on any atom is -0.421 e. The summed E-state index contributed by atoms with van der Waals surface area (Å²) in [6.45, 7) is 0. The van der Waals surface area contributed by atoms with E-state index in [1.54, 1.807) is 36.4 Å². The molecule has 0 spiro atoms. The second kappa shape index (κ2) is 6.24. The Bertz CT molecular complexity index is 979. The normalized spacial score (nSPS) is 19.5. The quantitative estimate of drug-likeness (QED) is 0.725. The highest BCUT2D eigenvalue weighted by Gasteiger charge is 2.48. The van der Waals surface area contributed by atoms with Gasteiger partial charge in [0, 0.05) is 5.56 Å². The summed E-state index contributed by atoms with van der Waals surface area (Å²) < 4.78 is 18.8. The standard InChI is InChI=1S/C22H15FO3/c23-18-13-11-15(12-14-18)19-20(16-7-3-1-4-8-16)22(25,26-21(19)24)17-9-5-2-6-10-17/h1-14,25H. The average molecular weight is 346 g/mol. The van der Waals surface area contributed by atoms with Crippen LogP contribution in [0.3, 0.4) is 0 Å². The molecule has 0 aliphatic carbocycles. The molecule has 128 valence electrons. The zero-order valence-corrected chi connectivity index (χ0v) is 13.7. The van der Waals surface area contributed by atoms with E-state index in [4.69, 9.17) is 4.74 Å². The number of ether oxygens (including phenoxy) is 1. The highest BCUT2D eigenvalue weighted by atomic mass is 19.1. The Balaban J connectivity index is 2.00. The number of aliphatic hydroxyl groups is 1. The Kier molecular flexibility index (Phi) is 3.90. The fourth-order valence-electron chi connectivity index (χ4n) is 3.20. The third kappa shape index (κ3) is 2.61. The number of carbonyl (C=O) groups is 1. The van der Waals surface area contributed by atoms with Gasteiger partial charge in [-0.25, -0.2) is 9.18 Å². The molecule has 4 heteroatoms. The van der Waals surface area contributed by atoms with Crippen LogP contribution in [-0.4, -0.2) is 11.1 Å². The van der Waals surface area contributed by atoms with Gasteiger partial charge in [-0.05, 0) is 23.3 Å². The number of esters is 1. The minimum absolute atomic E-state index is 0.225. The summed E-state index contributed by atoms with van der Waals surface area (Å²) in [6, 6.07) is 23.4. The van der Waals surface area contributed by atoms with Crippen molar-refractivity contribution >= 4 is 17.1 Å². The zero-order valence-electron chi connectivity index (χ0n) is 13.7. The topological polar surface area (TPSA) is 46.5 Å². The first-order valence-corrected chi connectivity index (χ1v) is 8.17. The van der Waals surface area contributed by atoms with Crippen molar-refractivity contribution in [3.8, 4) is 0 Å². The number of halogens is 1. The summed E-state index contributed by atoms with van der Waals surface area (Å²) in [5.74, 6) is -2.97. The number of carbonyl (C=O) groups excluding carboxylic acids is 1. The number of hydrogen-bond acceptors (Lipinski definition) is 3. The molecule has 3 aromatic rings. The summed E-state index contributed by atoms with van der Waals surface area (Å²) in [4.78, 5) is 12.7. The Morgan fingerprint density at radius 3 is 1.96 bits per heavy atom. The smallest absolute Gasteiger partial charge is 0.342 e. The minimum atomic E-state index is -1.91. The van der Waals surface area contributed by atoms with Crippen LogP contribution in [0.15, 0.2) is 84.9 Å². The number of rotatable bonds is 3. The maximum absolute atomic E-state index is 13.3. The van der Waals surface area contributed by atoms with Gasteiger partial charge in [0.15, 0.2) is 0 Å². The fourth-order valence-corrected chi connectivity index (χ4v) is 3.20. The molecule has 0 saturated carbocycles. The molecule has 1 atom stereocenters. The highest BCUT2D eigenvalue weighted by molar-refractivity contribution is 6.28. The van der Waals surface area contributed by atoms with Crippen LogP contribution in [0, 0.1) is 5.82 Å². The van der Waals surface area contributed by atoms with E-state index in [1.165, 1.54) is 24.3 Å². The predicted octanol–water partition coefficient (Wildman–Crippen LogP) is 4.14. The van der Waals surface area contributed by atoms with Crippen molar-refractivity contribution in [3.63, 3.8) is 0 Å². The lowest BCUT2D eigenvalue weighted by molar-refractivity contribution is -0.178. The van der Waals surface area contributed by atoms with Crippen LogP contribution >= 0.6 is 0 Å². The van der Waals surface area contributed by atoms with E-state index in [-0.39, 0.29) is 5.57 Å². The van der Waals surface area contributed by atoms with Crippen LogP contribution in [0.25, 0.3) is 11.1 Å². The first kappa shape index (κ1) is 16.2. The Morgan fingerprint density at radius 2 is 1.35 bits per heavy atom. The zero-order chi connectivity index (χ0) is 18.1. The van der Waals surface area contributed by atoms with Crippen LogP contribution in [0.5, 0.6) is 0 Å². The van der Waals surface area contributed by atoms with Crippen molar-refractivity contribution in [2.24, 2.45) is 0 Å². The van der Waals surface area contributed by atoms with Crippen LogP contribution in [0.4, 0.5) is 4.39 Å². The van der Waals surface area contributed by atoms with E-state index in [0.29, 0.717) is 22.3 Å². The van der Waals surface area contributed by atoms with Gasteiger partial charge in [0.1, 0.15) is 5.82 Å². The molecule has 3 nitrogen and oxygen atoms in total. The molecule has 0 saturated heterocycles. The Hall–Kier alpha value is -3.24. The molecule has 3 aromatic carbocycles. The van der Waals surface area contributed by atoms with E-state index in [1.807, 2.05) is 24.3 Å². The van der Waals surface area contributed by atoms with Crippen molar-refractivity contribution in [1.29, 1.82) is 0 Å². The fraction of sp³-hybridized carbons (Fsp3) is 0.0455. The molecule has 0 fully saturated rings. The lowest BCUT2D eigenvalue weighted by Gasteiger charge is -2.25. The predicted molar refractivity (Wildman–Crippen MR) is 96.1 cm³/mol. The van der Waals surface area contributed by atoms with Crippen LogP contribution < -0.4 is 0 Å². The molecule has 0 amide bonds. The molecule has 0 radical (unpaired) electrons. The molecule has 26 heavy (non-hydrogen) atoms. The molecule has 1 aliphatic rings. The molecule has 1 N–H and O–H groups in total. The van der Waals surface area contributed by atoms with Crippen molar-refractivity contribution < 1.29 is 19.0 Å². The average Bonchev–Trinajstić information content (AvgIpc) is 2.95. The van der Waals surface area contributed by atoms with E-state index >= 15 is 0 Å². The Labute approximate surface area is 150 Å². The summed E-state index contributed by atoms with van der Waals surface area (Å²) in [5, 5.41) is 11.4. The van der Waals surface area contributed by atoms with Gasteiger partial charge >= 0.3 is 5.97 Å². The van der Waals surface area contributed by atoms with E-state index in [2.05, 4.69) is 0 Å². The lowest BCUT2D eigenvalue weighted by atomic mass is 9.87. The van der Waals surface area contributed by atoms with Gasteiger partial charge in [-0.3, -0.25) is 0 Å². The van der Waals surface area contributed by atoms with Gasteiger partial charge < -0.3 is 9.84 Å². The summed E-state index contributed by atoms with van der Waals surface area (Å²) in [6.07, 6.45) is 0. The largest absolute Gasteiger partial charge is 0.421 e. The molecule has 1 aliphatic heterocycles. The molecule has 1 unspecified atom stereocenters. The van der Waals surface area contributed by atoms with Crippen molar-refractivity contribution in [2.75, 3.05) is 0 Å². The number of benzene rings is 3. The highest BCUT2D eigenvalue weighted by Crippen LogP contribution is 2.48. The number of hydrogen-bond donors (Lipinski definition) is 1. The first-order chi connectivity index (χ1) is 12.6. The third-order valence-corrected chi connectivity index (χ3v) is 4.39. The van der Waals surface area contributed by atoms with Crippen LogP contribution in [0.1, 0.15) is 16.7 Å². The molecule has 4 rings (SSSR count). The van der Waals surface area contributed by atoms with Crippen LogP contribution in [0.2, 0.25) is 0 Å². The third-order valence-electron chi connectivity index (χ3n) is 4.39. The van der Waals surface area contributed by atoms with Gasteiger partial charge in [0.25, 0.3) is 5.79 Å². The monoisotopic (exact) mass is 346 g/mol. The molecule has 0 aromatic heterocycles. The molecular weight excluding hydrogens is 331 g/mol. The molecule has 0 bridgehead atoms. The summed E-state index contributed by atoms with van der Waals surface area (Å²) >= 11 is 0. The maximum Gasteiger partial charge on any atom is 0.342 e. The van der Waals surface area contributed by atoms with Gasteiger partial charge in [-0.2, -0.15) is 0 Å². The number of cyclic esters (lactones) is 1. The first-order valence-electron chi connectivity index (χ1n) is 8.17. The maximum atomic E-state index is 13.3. The molecular formula is C22H15FO3. The lowest BCUT2D eigenvalue weighted by Crippen LogP contribution is -2.28.